The van der Waals surface area contributed by atoms with Crippen LogP contribution >= 0.6 is 11.3 Å². The summed E-state index contributed by atoms with van der Waals surface area (Å²) in [5, 5.41) is 6.42. The van der Waals surface area contributed by atoms with E-state index in [1.807, 2.05) is 23.6 Å². The van der Waals surface area contributed by atoms with Gasteiger partial charge in [-0.05, 0) is 36.4 Å². The molecule has 0 bridgehead atoms. The van der Waals surface area contributed by atoms with E-state index in [9.17, 15) is 8.78 Å². The molecule has 3 rings (SSSR count). The van der Waals surface area contributed by atoms with Gasteiger partial charge in [-0.1, -0.05) is 6.07 Å². The average Bonchev–Trinajstić information content (AvgIpc) is 3.10. The standard InChI is InChI=1S/C19H18F2N4O2S/c1-26-11-10-23-19-25(24-12-15-4-2-3-9-22-15)17(13-28-19)14-5-7-16(8-6-14)27-18(20)21/h2-9,12-13,18H,10-11H2,1H3/b23-19?,24-12-. The summed E-state index contributed by atoms with van der Waals surface area (Å²) in [7, 11) is 1.62. The normalized spacial score (nSPS) is 12.2. The minimum Gasteiger partial charge on any atom is -0.435 e. The van der Waals surface area contributed by atoms with Crippen LogP contribution in [-0.4, -0.2) is 42.7 Å². The number of thiazole rings is 1. The van der Waals surface area contributed by atoms with Crippen LogP contribution in [0.5, 0.6) is 5.75 Å². The maximum atomic E-state index is 12.3. The van der Waals surface area contributed by atoms with Gasteiger partial charge in [-0.2, -0.15) is 13.9 Å². The molecule has 0 unspecified atom stereocenters. The van der Waals surface area contributed by atoms with Crippen molar-refractivity contribution in [1.29, 1.82) is 0 Å². The maximum absolute atomic E-state index is 12.3. The van der Waals surface area contributed by atoms with Crippen LogP contribution in [0.4, 0.5) is 8.78 Å². The third-order valence-corrected chi connectivity index (χ3v) is 4.45. The van der Waals surface area contributed by atoms with Crippen molar-refractivity contribution < 1.29 is 18.3 Å². The number of ether oxygens (including phenoxy) is 2. The van der Waals surface area contributed by atoms with Gasteiger partial charge in [-0.3, -0.25) is 9.98 Å². The number of rotatable bonds is 8. The smallest absolute Gasteiger partial charge is 0.387 e. The molecule has 0 N–H and O–H groups in total. The molecule has 146 valence electrons. The van der Waals surface area contributed by atoms with E-state index < -0.39 is 6.61 Å². The van der Waals surface area contributed by atoms with E-state index in [0.717, 1.165) is 11.3 Å². The van der Waals surface area contributed by atoms with Crippen LogP contribution in [0.2, 0.25) is 0 Å². The van der Waals surface area contributed by atoms with Crippen molar-refractivity contribution in [2.75, 3.05) is 20.3 Å². The molecule has 1 aromatic carbocycles. The van der Waals surface area contributed by atoms with Gasteiger partial charge in [0.25, 0.3) is 0 Å². The Morgan fingerprint density at radius 3 is 2.71 bits per heavy atom. The predicted octanol–water partition coefficient (Wildman–Crippen LogP) is 3.64. The predicted molar refractivity (Wildman–Crippen MR) is 104 cm³/mol. The highest BCUT2D eigenvalue weighted by Crippen LogP contribution is 2.24. The first kappa shape index (κ1) is 19.8. The summed E-state index contributed by atoms with van der Waals surface area (Å²) in [5.74, 6) is 0.0996. The fraction of sp³-hybridized carbons (Fsp3) is 0.211. The summed E-state index contributed by atoms with van der Waals surface area (Å²) in [6.45, 7) is -1.86. The molecule has 0 spiro atoms. The molecule has 3 aromatic rings. The summed E-state index contributed by atoms with van der Waals surface area (Å²) in [6, 6.07) is 11.9. The number of methoxy groups -OCH3 is 1. The molecule has 9 heteroatoms. The maximum Gasteiger partial charge on any atom is 0.387 e. The van der Waals surface area contributed by atoms with Crippen LogP contribution in [0, 0.1) is 0 Å². The topological polar surface area (TPSA) is 61.0 Å². The Hall–Kier alpha value is -2.91. The van der Waals surface area contributed by atoms with Gasteiger partial charge in [0.15, 0.2) is 0 Å². The zero-order chi connectivity index (χ0) is 19.8. The Morgan fingerprint density at radius 1 is 1.21 bits per heavy atom. The Balaban J connectivity index is 1.96. The number of halogens is 2. The minimum absolute atomic E-state index is 0.0996. The van der Waals surface area contributed by atoms with Gasteiger partial charge >= 0.3 is 6.61 Å². The fourth-order valence-electron chi connectivity index (χ4n) is 2.33. The molecule has 0 atom stereocenters. The zero-order valence-corrected chi connectivity index (χ0v) is 15.9. The van der Waals surface area contributed by atoms with Crippen molar-refractivity contribution in [2.24, 2.45) is 10.1 Å². The van der Waals surface area contributed by atoms with E-state index in [1.165, 1.54) is 23.5 Å². The molecule has 0 radical (unpaired) electrons. The molecule has 28 heavy (non-hydrogen) atoms. The van der Waals surface area contributed by atoms with Crippen LogP contribution < -0.4 is 9.54 Å². The molecule has 0 saturated heterocycles. The first-order chi connectivity index (χ1) is 13.7. The van der Waals surface area contributed by atoms with Crippen LogP contribution in [0.3, 0.4) is 0 Å². The van der Waals surface area contributed by atoms with E-state index in [0.29, 0.717) is 23.6 Å². The first-order valence-electron chi connectivity index (χ1n) is 8.38. The van der Waals surface area contributed by atoms with Gasteiger partial charge in [-0.15, -0.1) is 11.3 Å². The monoisotopic (exact) mass is 404 g/mol. The quantitative estimate of drug-likeness (QED) is 0.425. The molecule has 6 nitrogen and oxygen atoms in total. The van der Waals surface area contributed by atoms with E-state index in [-0.39, 0.29) is 5.75 Å². The molecule has 0 aliphatic heterocycles. The van der Waals surface area contributed by atoms with Gasteiger partial charge in [0.1, 0.15) is 5.75 Å². The molecule has 0 amide bonds. The lowest BCUT2D eigenvalue weighted by Crippen LogP contribution is -2.14. The Kier molecular flexibility index (Phi) is 6.99. The summed E-state index contributed by atoms with van der Waals surface area (Å²) < 4.78 is 35.8. The van der Waals surface area contributed by atoms with Crippen molar-refractivity contribution in [2.45, 2.75) is 6.61 Å². The van der Waals surface area contributed by atoms with Gasteiger partial charge in [-0.25, -0.2) is 4.68 Å². The number of nitrogens with zero attached hydrogens (tertiary/aromatic N) is 4. The van der Waals surface area contributed by atoms with Gasteiger partial charge in [0.2, 0.25) is 4.80 Å². The minimum atomic E-state index is -2.86. The summed E-state index contributed by atoms with van der Waals surface area (Å²) in [6.07, 6.45) is 3.33. The number of hydrogen-bond donors (Lipinski definition) is 0. The second-order valence-electron chi connectivity index (χ2n) is 5.49. The number of alkyl halides is 2. The molecular weight excluding hydrogens is 386 g/mol. The number of aromatic nitrogens is 2. The summed E-state index contributed by atoms with van der Waals surface area (Å²) >= 11 is 1.43. The largest absolute Gasteiger partial charge is 0.435 e. The van der Waals surface area contributed by atoms with Crippen LogP contribution in [0.15, 0.2) is 64.1 Å². The average molecular weight is 404 g/mol. The van der Waals surface area contributed by atoms with Crippen LogP contribution in [0.1, 0.15) is 5.69 Å². The van der Waals surface area contributed by atoms with Gasteiger partial charge in [0, 0.05) is 24.3 Å². The molecule has 2 heterocycles. The Labute approximate surface area is 164 Å². The van der Waals surface area contributed by atoms with Crippen molar-refractivity contribution >= 4 is 17.6 Å². The first-order valence-corrected chi connectivity index (χ1v) is 9.26. The van der Waals surface area contributed by atoms with E-state index in [4.69, 9.17) is 4.74 Å². The Bertz CT molecular complexity index is 970. The second kappa shape index (κ2) is 9.86. The molecule has 0 aliphatic rings. The second-order valence-corrected chi connectivity index (χ2v) is 6.33. The van der Waals surface area contributed by atoms with Gasteiger partial charge in [0.05, 0.1) is 30.8 Å². The summed E-state index contributed by atoms with van der Waals surface area (Å²) in [5.41, 5.74) is 2.27. The third-order valence-electron chi connectivity index (χ3n) is 3.60. The van der Waals surface area contributed by atoms with Crippen molar-refractivity contribution in [3.8, 4) is 17.0 Å². The lowest BCUT2D eigenvalue weighted by Gasteiger charge is -2.06. The molecule has 0 fully saturated rings. The van der Waals surface area contributed by atoms with Crippen LogP contribution in [-0.2, 0) is 4.74 Å². The molecule has 2 aromatic heterocycles. The number of benzene rings is 1. The number of pyridine rings is 1. The fourth-order valence-corrected chi connectivity index (χ4v) is 3.19. The highest BCUT2D eigenvalue weighted by atomic mass is 32.1. The van der Waals surface area contributed by atoms with Crippen molar-refractivity contribution in [1.82, 2.24) is 9.66 Å². The van der Waals surface area contributed by atoms with E-state index in [2.05, 4.69) is 19.8 Å². The molecule has 0 saturated carbocycles. The number of hydrogen-bond acceptors (Lipinski definition) is 6. The summed E-state index contributed by atoms with van der Waals surface area (Å²) in [4.78, 5) is 9.42. The van der Waals surface area contributed by atoms with E-state index in [1.54, 1.807) is 36.3 Å². The molecule has 0 aliphatic carbocycles. The third kappa shape index (κ3) is 5.30. The highest BCUT2D eigenvalue weighted by Gasteiger charge is 2.09. The lowest BCUT2D eigenvalue weighted by atomic mass is 10.2. The van der Waals surface area contributed by atoms with Crippen molar-refractivity contribution in [3.63, 3.8) is 0 Å². The molecular formula is C19H18F2N4O2S. The van der Waals surface area contributed by atoms with E-state index >= 15 is 0 Å². The SMILES string of the molecule is COCCN=c1scc(-c2ccc(OC(F)F)cc2)n1/N=C\c1ccccn1. The Morgan fingerprint density at radius 2 is 2.04 bits per heavy atom. The van der Waals surface area contributed by atoms with Crippen LogP contribution in [0.25, 0.3) is 11.3 Å². The highest BCUT2D eigenvalue weighted by molar-refractivity contribution is 7.07. The lowest BCUT2D eigenvalue weighted by molar-refractivity contribution is -0.0498. The van der Waals surface area contributed by atoms with Gasteiger partial charge < -0.3 is 9.47 Å². The zero-order valence-electron chi connectivity index (χ0n) is 15.0. The van der Waals surface area contributed by atoms with Crippen molar-refractivity contribution in [3.05, 3.63) is 64.5 Å².